The van der Waals surface area contributed by atoms with Gasteiger partial charge in [-0.3, -0.25) is 0 Å². The van der Waals surface area contributed by atoms with Gasteiger partial charge in [0.15, 0.2) is 0 Å². The molecule has 9 aromatic rings. The number of aryl methyl sites for hydroxylation is 1. The lowest BCUT2D eigenvalue weighted by Gasteiger charge is -2.30. The van der Waals surface area contributed by atoms with Gasteiger partial charge in [0.1, 0.15) is 0 Å². The summed E-state index contributed by atoms with van der Waals surface area (Å²) in [5.74, 6) is 0. The molecule has 0 atom stereocenters. The summed E-state index contributed by atoms with van der Waals surface area (Å²) in [6, 6.07) is 61.0. The Kier molecular flexibility index (Phi) is 7.27. The second-order valence-electron chi connectivity index (χ2n) is 21.4. The Balaban J connectivity index is 0.930. The van der Waals surface area contributed by atoms with Crippen LogP contribution in [0.2, 0.25) is 0 Å². The molecule has 0 saturated heterocycles. The zero-order valence-electron chi connectivity index (χ0n) is 38.5. The molecule has 0 spiro atoms. The van der Waals surface area contributed by atoms with Crippen molar-refractivity contribution in [1.29, 1.82) is 0 Å². The molecule has 4 aliphatic carbocycles. The summed E-state index contributed by atoms with van der Waals surface area (Å²) in [7, 11) is 0. The van der Waals surface area contributed by atoms with Crippen LogP contribution >= 0.6 is 0 Å². The summed E-state index contributed by atoms with van der Waals surface area (Å²) < 4.78 is 0. The number of anilines is 3. The standard InChI is InChI=1S/C63H53N/c1-36-18-22-39(23-19-36)64(40-24-28-44-48-32-56-50(34-54(48)60(2,3)52(44)30-40)46-26-20-37-14-10-12-16-42(37)58(46)62(56,6)7)41-25-29-45-49-33-57-51(35-55(49)61(4,5)53(45)31-41)47-27-21-38-15-11-13-17-43(38)59(47)63(57,8)9/h10-35H,1-9H3. The predicted molar refractivity (Wildman–Crippen MR) is 271 cm³/mol. The minimum atomic E-state index is -0.181. The van der Waals surface area contributed by atoms with E-state index in [9.17, 15) is 0 Å². The topological polar surface area (TPSA) is 3.24 Å². The first-order valence-electron chi connectivity index (χ1n) is 23.3. The molecular formula is C63H53N. The lowest BCUT2D eigenvalue weighted by Crippen LogP contribution is -2.18. The van der Waals surface area contributed by atoms with Gasteiger partial charge in [-0.1, -0.05) is 158 Å². The van der Waals surface area contributed by atoms with Gasteiger partial charge in [-0.15, -0.1) is 0 Å². The molecule has 4 aliphatic rings. The monoisotopic (exact) mass is 823 g/mol. The van der Waals surface area contributed by atoms with Crippen molar-refractivity contribution in [2.45, 2.75) is 84.0 Å². The van der Waals surface area contributed by atoms with E-state index < -0.39 is 0 Å². The number of hydrogen-bond donors (Lipinski definition) is 0. The molecule has 0 aliphatic heterocycles. The Morgan fingerprint density at radius 2 is 0.641 bits per heavy atom. The fourth-order valence-electron chi connectivity index (χ4n) is 13.0. The minimum Gasteiger partial charge on any atom is -0.310 e. The highest BCUT2D eigenvalue weighted by atomic mass is 15.1. The second kappa shape index (κ2) is 12.3. The van der Waals surface area contributed by atoms with Crippen molar-refractivity contribution in [3.8, 4) is 44.5 Å². The highest BCUT2D eigenvalue weighted by Crippen LogP contribution is 2.60. The molecule has 0 bridgehead atoms. The Bertz CT molecular complexity index is 3340. The van der Waals surface area contributed by atoms with Gasteiger partial charge >= 0.3 is 0 Å². The van der Waals surface area contributed by atoms with Crippen molar-refractivity contribution in [3.05, 3.63) is 208 Å². The molecule has 0 saturated carbocycles. The van der Waals surface area contributed by atoms with Crippen molar-refractivity contribution in [2.75, 3.05) is 4.90 Å². The first kappa shape index (κ1) is 37.8. The van der Waals surface area contributed by atoms with Crippen LogP contribution in [0.4, 0.5) is 17.1 Å². The average Bonchev–Trinajstić information content (AvgIpc) is 3.85. The largest absolute Gasteiger partial charge is 0.310 e. The molecule has 0 N–H and O–H groups in total. The Hall–Kier alpha value is -6.70. The smallest absolute Gasteiger partial charge is 0.0465 e. The first-order chi connectivity index (χ1) is 30.7. The van der Waals surface area contributed by atoms with Crippen molar-refractivity contribution in [3.63, 3.8) is 0 Å². The quantitative estimate of drug-likeness (QED) is 0.172. The number of hydrogen-bond acceptors (Lipinski definition) is 1. The summed E-state index contributed by atoms with van der Waals surface area (Å²) in [6.07, 6.45) is 0. The van der Waals surface area contributed by atoms with Crippen LogP contribution in [0.15, 0.2) is 158 Å². The molecule has 9 aromatic carbocycles. The third kappa shape index (κ3) is 4.75. The zero-order valence-corrected chi connectivity index (χ0v) is 38.5. The second-order valence-corrected chi connectivity index (χ2v) is 21.4. The van der Waals surface area contributed by atoms with E-state index in [1.807, 2.05) is 0 Å². The lowest BCUT2D eigenvalue weighted by atomic mass is 9.78. The van der Waals surface area contributed by atoms with Crippen LogP contribution in [-0.4, -0.2) is 0 Å². The molecular weight excluding hydrogens is 771 g/mol. The van der Waals surface area contributed by atoms with Gasteiger partial charge in [-0.2, -0.15) is 0 Å². The van der Waals surface area contributed by atoms with Gasteiger partial charge in [0, 0.05) is 38.7 Å². The summed E-state index contributed by atoms with van der Waals surface area (Å²) >= 11 is 0. The molecule has 310 valence electrons. The van der Waals surface area contributed by atoms with Gasteiger partial charge in [0.2, 0.25) is 0 Å². The van der Waals surface area contributed by atoms with E-state index in [4.69, 9.17) is 0 Å². The minimum absolute atomic E-state index is 0.105. The van der Waals surface area contributed by atoms with Crippen LogP contribution in [0.25, 0.3) is 66.1 Å². The van der Waals surface area contributed by atoms with Gasteiger partial charge in [-0.05, 0) is 178 Å². The Labute approximate surface area is 378 Å². The number of rotatable bonds is 3. The molecule has 0 radical (unpaired) electrons. The lowest BCUT2D eigenvalue weighted by molar-refractivity contribution is 0.654. The normalized spacial score (nSPS) is 16.7. The van der Waals surface area contributed by atoms with Crippen molar-refractivity contribution >= 4 is 38.6 Å². The first-order valence-corrected chi connectivity index (χ1v) is 23.3. The predicted octanol–water partition coefficient (Wildman–Crippen LogP) is 17.0. The third-order valence-electron chi connectivity index (χ3n) is 16.4. The van der Waals surface area contributed by atoms with Gasteiger partial charge in [0.05, 0.1) is 0 Å². The van der Waals surface area contributed by atoms with Crippen molar-refractivity contribution in [2.24, 2.45) is 0 Å². The number of nitrogens with zero attached hydrogens (tertiary/aromatic N) is 1. The Morgan fingerprint density at radius 3 is 1.08 bits per heavy atom. The van der Waals surface area contributed by atoms with Crippen LogP contribution in [0.5, 0.6) is 0 Å². The maximum Gasteiger partial charge on any atom is 0.0465 e. The van der Waals surface area contributed by atoms with Gasteiger partial charge in [0.25, 0.3) is 0 Å². The molecule has 0 fully saturated rings. The maximum atomic E-state index is 2.54. The molecule has 0 aromatic heterocycles. The van der Waals surface area contributed by atoms with E-state index in [0.717, 1.165) is 0 Å². The third-order valence-corrected chi connectivity index (χ3v) is 16.4. The Morgan fingerprint density at radius 1 is 0.297 bits per heavy atom. The van der Waals surface area contributed by atoms with E-state index in [1.165, 1.54) is 133 Å². The number of fused-ring (bicyclic) bond motifs is 16. The molecule has 0 unspecified atom stereocenters. The average molecular weight is 824 g/mol. The molecule has 13 rings (SSSR count). The molecule has 64 heavy (non-hydrogen) atoms. The highest BCUT2D eigenvalue weighted by Gasteiger charge is 2.45. The van der Waals surface area contributed by atoms with E-state index >= 15 is 0 Å². The molecule has 0 amide bonds. The van der Waals surface area contributed by atoms with E-state index in [-0.39, 0.29) is 21.7 Å². The van der Waals surface area contributed by atoms with Crippen LogP contribution < -0.4 is 4.90 Å². The van der Waals surface area contributed by atoms with Crippen molar-refractivity contribution < 1.29 is 0 Å². The maximum absolute atomic E-state index is 2.54. The van der Waals surface area contributed by atoms with E-state index in [0.29, 0.717) is 0 Å². The van der Waals surface area contributed by atoms with Crippen LogP contribution in [0.3, 0.4) is 0 Å². The summed E-state index contributed by atoms with van der Waals surface area (Å²) in [4.78, 5) is 2.49. The van der Waals surface area contributed by atoms with Crippen LogP contribution in [0, 0.1) is 6.92 Å². The fraction of sp³-hybridized carbons (Fsp3) is 0.206. The zero-order chi connectivity index (χ0) is 43.8. The molecule has 1 heteroatoms. The van der Waals surface area contributed by atoms with Crippen molar-refractivity contribution in [1.82, 2.24) is 0 Å². The van der Waals surface area contributed by atoms with E-state index in [2.05, 4.69) is 225 Å². The summed E-state index contributed by atoms with van der Waals surface area (Å²) in [5, 5.41) is 5.37. The van der Waals surface area contributed by atoms with E-state index in [1.54, 1.807) is 0 Å². The SMILES string of the molecule is Cc1ccc(N(c2ccc3c(c2)C(C)(C)c2cc4c(cc2-3)C(C)(C)c2c-4ccc3ccccc23)c2ccc3c(c2)C(C)(C)c2cc4c(cc2-3)C(C)(C)c2c-4ccc3ccccc23)cc1. The molecule has 0 heterocycles. The fourth-order valence-corrected chi connectivity index (χ4v) is 13.0. The summed E-state index contributed by atoms with van der Waals surface area (Å²) in [6.45, 7) is 21.6. The molecule has 1 nitrogen and oxygen atoms in total. The van der Waals surface area contributed by atoms with Gasteiger partial charge in [-0.25, -0.2) is 0 Å². The highest BCUT2D eigenvalue weighted by molar-refractivity contribution is 6.01. The summed E-state index contributed by atoms with van der Waals surface area (Å²) in [5.41, 5.74) is 26.6. The van der Waals surface area contributed by atoms with Gasteiger partial charge < -0.3 is 4.90 Å². The van der Waals surface area contributed by atoms with Crippen LogP contribution in [0.1, 0.15) is 105 Å². The van der Waals surface area contributed by atoms with Crippen LogP contribution in [-0.2, 0) is 21.7 Å². The number of benzene rings is 9.